The highest BCUT2D eigenvalue weighted by Gasteiger charge is 2.47. The smallest absolute Gasteiger partial charge is 0.300 e. The van der Waals surface area contributed by atoms with Gasteiger partial charge >= 0.3 is 0 Å². The van der Waals surface area contributed by atoms with Crippen LogP contribution in [0.5, 0.6) is 5.75 Å². The largest absolute Gasteiger partial charge is 0.507 e. The van der Waals surface area contributed by atoms with E-state index in [9.17, 15) is 19.1 Å². The van der Waals surface area contributed by atoms with Crippen LogP contribution in [0, 0.1) is 5.82 Å². The highest BCUT2D eigenvalue weighted by molar-refractivity contribution is 6.51. The predicted octanol–water partition coefficient (Wildman–Crippen LogP) is 5.04. The van der Waals surface area contributed by atoms with Crippen LogP contribution < -0.4 is 9.64 Å². The van der Waals surface area contributed by atoms with Gasteiger partial charge in [-0.05, 0) is 47.5 Å². The standard InChI is InChI=1S/C25H17ClFNO4/c26-18-13-17(7-8-19(18)27)28-22(14-4-2-1-3-5-14)21(24(30)25(28)31)23(29)16-6-9-20-15(12-16)10-11-32-20/h1-9,12-13,22,29H,10-11H2/b23-21-. The lowest BCUT2D eigenvalue weighted by atomic mass is 9.94. The van der Waals surface area contributed by atoms with Crippen molar-refractivity contribution in [2.75, 3.05) is 11.5 Å². The van der Waals surface area contributed by atoms with Crippen LogP contribution >= 0.6 is 11.6 Å². The van der Waals surface area contributed by atoms with E-state index in [1.165, 1.54) is 17.0 Å². The van der Waals surface area contributed by atoms with Crippen molar-refractivity contribution in [3.05, 3.63) is 99.8 Å². The van der Waals surface area contributed by atoms with Crippen molar-refractivity contribution < 1.29 is 23.8 Å². The maximum absolute atomic E-state index is 13.8. The quantitative estimate of drug-likeness (QED) is 0.345. The molecule has 3 aromatic rings. The van der Waals surface area contributed by atoms with E-state index in [-0.39, 0.29) is 22.0 Å². The van der Waals surface area contributed by atoms with Gasteiger partial charge in [0, 0.05) is 17.7 Å². The van der Waals surface area contributed by atoms with Gasteiger partial charge in [-0.3, -0.25) is 14.5 Å². The summed E-state index contributed by atoms with van der Waals surface area (Å²) in [6, 6.07) is 17.0. The van der Waals surface area contributed by atoms with Crippen LogP contribution in [0.4, 0.5) is 10.1 Å². The first-order valence-electron chi connectivity index (χ1n) is 10.0. The van der Waals surface area contributed by atoms with Crippen molar-refractivity contribution in [1.29, 1.82) is 0 Å². The first-order valence-corrected chi connectivity index (χ1v) is 10.4. The Hall–Kier alpha value is -3.64. The van der Waals surface area contributed by atoms with Gasteiger partial charge in [0.25, 0.3) is 11.7 Å². The fraction of sp³-hybridized carbons (Fsp3) is 0.120. The molecule has 0 spiro atoms. The fourth-order valence-electron chi connectivity index (χ4n) is 4.17. The molecule has 1 saturated heterocycles. The number of ketones is 1. The molecule has 0 aromatic heterocycles. The number of amides is 1. The molecule has 1 fully saturated rings. The number of benzene rings is 3. The number of ether oxygens (including phenoxy) is 1. The fourth-order valence-corrected chi connectivity index (χ4v) is 4.35. The Bertz CT molecular complexity index is 1290. The Balaban J connectivity index is 1.70. The third-order valence-corrected chi connectivity index (χ3v) is 5.99. The highest BCUT2D eigenvalue weighted by Crippen LogP contribution is 2.43. The number of halogens is 2. The topological polar surface area (TPSA) is 66.8 Å². The van der Waals surface area contributed by atoms with E-state index >= 15 is 0 Å². The van der Waals surface area contributed by atoms with Crippen molar-refractivity contribution in [2.45, 2.75) is 12.5 Å². The molecule has 2 aliphatic heterocycles. The lowest BCUT2D eigenvalue weighted by molar-refractivity contribution is -0.132. The average molecular weight is 450 g/mol. The molecule has 1 amide bonds. The molecule has 1 unspecified atom stereocenters. The molecule has 0 radical (unpaired) electrons. The van der Waals surface area contributed by atoms with Crippen molar-refractivity contribution in [1.82, 2.24) is 0 Å². The monoisotopic (exact) mass is 449 g/mol. The number of aliphatic hydroxyl groups is 1. The van der Waals surface area contributed by atoms with Crippen LogP contribution in [-0.4, -0.2) is 23.4 Å². The molecule has 7 heteroatoms. The average Bonchev–Trinajstić information content (AvgIpc) is 3.38. The molecular formula is C25H17ClFNO4. The zero-order chi connectivity index (χ0) is 22.4. The van der Waals surface area contributed by atoms with Crippen LogP contribution in [-0.2, 0) is 16.0 Å². The number of hydrogen-bond donors (Lipinski definition) is 1. The minimum Gasteiger partial charge on any atom is -0.507 e. The maximum Gasteiger partial charge on any atom is 0.300 e. The van der Waals surface area contributed by atoms with E-state index in [1.54, 1.807) is 42.5 Å². The number of anilines is 1. The molecule has 3 aromatic carbocycles. The summed E-state index contributed by atoms with van der Waals surface area (Å²) in [6.45, 7) is 0.555. The molecule has 2 heterocycles. The van der Waals surface area contributed by atoms with Crippen LogP contribution in [0.25, 0.3) is 5.76 Å². The Kier molecular flexibility index (Phi) is 4.94. The van der Waals surface area contributed by atoms with Gasteiger partial charge in [-0.15, -0.1) is 0 Å². The Morgan fingerprint density at radius 2 is 1.84 bits per heavy atom. The summed E-state index contributed by atoms with van der Waals surface area (Å²) < 4.78 is 19.3. The molecule has 32 heavy (non-hydrogen) atoms. The first kappa shape index (κ1) is 20.3. The van der Waals surface area contributed by atoms with Gasteiger partial charge in [0.05, 0.1) is 23.2 Å². The number of rotatable bonds is 3. The van der Waals surface area contributed by atoms with Gasteiger partial charge in [-0.25, -0.2) is 4.39 Å². The van der Waals surface area contributed by atoms with Gasteiger partial charge in [0.2, 0.25) is 0 Å². The SMILES string of the molecule is O=C1C(=O)N(c2ccc(F)c(Cl)c2)C(c2ccccc2)/C1=C(/O)c1ccc2c(c1)CCO2. The summed E-state index contributed by atoms with van der Waals surface area (Å²) in [6.07, 6.45) is 0.695. The van der Waals surface area contributed by atoms with E-state index in [1.807, 2.05) is 6.07 Å². The van der Waals surface area contributed by atoms with E-state index in [0.717, 1.165) is 17.4 Å². The molecule has 0 saturated carbocycles. The van der Waals surface area contributed by atoms with Crippen LogP contribution in [0.2, 0.25) is 5.02 Å². The maximum atomic E-state index is 13.8. The van der Waals surface area contributed by atoms with Gasteiger partial charge in [-0.2, -0.15) is 0 Å². The van der Waals surface area contributed by atoms with Crippen molar-refractivity contribution in [3.8, 4) is 5.75 Å². The Morgan fingerprint density at radius 3 is 2.59 bits per heavy atom. The summed E-state index contributed by atoms with van der Waals surface area (Å²) in [7, 11) is 0. The molecule has 1 atom stereocenters. The van der Waals surface area contributed by atoms with E-state index in [0.29, 0.717) is 24.2 Å². The number of carbonyl (C=O) groups excluding carboxylic acids is 2. The van der Waals surface area contributed by atoms with Crippen molar-refractivity contribution in [2.24, 2.45) is 0 Å². The third kappa shape index (κ3) is 3.24. The molecule has 5 nitrogen and oxygen atoms in total. The zero-order valence-corrected chi connectivity index (χ0v) is 17.5. The second-order valence-electron chi connectivity index (χ2n) is 7.60. The number of hydrogen-bond acceptors (Lipinski definition) is 4. The summed E-state index contributed by atoms with van der Waals surface area (Å²) in [5.41, 5.74) is 2.18. The zero-order valence-electron chi connectivity index (χ0n) is 16.7. The highest BCUT2D eigenvalue weighted by atomic mass is 35.5. The van der Waals surface area contributed by atoms with Gasteiger partial charge in [0.1, 0.15) is 17.3 Å². The molecule has 0 bridgehead atoms. The van der Waals surface area contributed by atoms with E-state index in [4.69, 9.17) is 16.3 Å². The van der Waals surface area contributed by atoms with Gasteiger partial charge in [0.15, 0.2) is 0 Å². The van der Waals surface area contributed by atoms with Crippen molar-refractivity contribution >= 4 is 34.7 Å². The second kappa shape index (κ2) is 7.80. The van der Waals surface area contributed by atoms with Gasteiger partial charge in [-0.1, -0.05) is 41.9 Å². The molecular weight excluding hydrogens is 433 g/mol. The third-order valence-electron chi connectivity index (χ3n) is 5.70. The molecule has 5 rings (SSSR count). The summed E-state index contributed by atoms with van der Waals surface area (Å²) >= 11 is 5.95. The predicted molar refractivity (Wildman–Crippen MR) is 118 cm³/mol. The van der Waals surface area contributed by atoms with Crippen LogP contribution in [0.3, 0.4) is 0 Å². The Morgan fingerprint density at radius 1 is 1.06 bits per heavy atom. The number of fused-ring (bicyclic) bond motifs is 1. The Labute approximate surface area is 188 Å². The first-order chi connectivity index (χ1) is 15.5. The van der Waals surface area contributed by atoms with Crippen LogP contribution in [0.1, 0.15) is 22.7 Å². The second-order valence-corrected chi connectivity index (χ2v) is 8.01. The number of aliphatic hydroxyl groups excluding tert-OH is 1. The van der Waals surface area contributed by atoms with Crippen LogP contribution in [0.15, 0.2) is 72.3 Å². The van der Waals surface area contributed by atoms with E-state index < -0.39 is 23.5 Å². The summed E-state index contributed by atoms with van der Waals surface area (Å²) in [5, 5.41) is 11.0. The number of nitrogens with zero attached hydrogens (tertiary/aromatic N) is 1. The molecule has 1 N–H and O–H groups in total. The molecule has 2 aliphatic rings. The molecule has 160 valence electrons. The minimum absolute atomic E-state index is 0.0412. The minimum atomic E-state index is -0.901. The summed E-state index contributed by atoms with van der Waals surface area (Å²) in [4.78, 5) is 27.5. The molecule has 0 aliphatic carbocycles. The van der Waals surface area contributed by atoms with Gasteiger partial charge < -0.3 is 9.84 Å². The lowest BCUT2D eigenvalue weighted by Crippen LogP contribution is -2.29. The number of Topliss-reactive ketones (excluding diaryl/α,β-unsaturated/α-hetero) is 1. The normalized spacial score (nSPS) is 19.2. The number of carbonyl (C=O) groups is 2. The van der Waals surface area contributed by atoms with E-state index in [2.05, 4.69) is 0 Å². The lowest BCUT2D eigenvalue weighted by Gasteiger charge is -2.25. The summed E-state index contributed by atoms with van der Waals surface area (Å²) in [5.74, 6) is -1.82. The van der Waals surface area contributed by atoms with Crippen molar-refractivity contribution in [3.63, 3.8) is 0 Å².